The normalized spacial score (nSPS) is 24.8. The molecule has 1 aromatic rings. The van der Waals surface area contributed by atoms with Crippen molar-refractivity contribution in [3.05, 3.63) is 17.7 Å². The fourth-order valence-corrected chi connectivity index (χ4v) is 2.98. The standard InChI is InChI=1S/C13H19N3O2/c17-13(18)10-1-2-12-15-11(8-16(12)7-10)9-3-5-14-6-4-9/h8-10,14H,1-7H2,(H,17,18). The Balaban J connectivity index is 1.78. The highest BCUT2D eigenvalue weighted by molar-refractivity contribution is 5.70. The zero-order chi connectivity index (χ0) is 12.5. The largest absolute Gasteiger partial charge is 0.481 e. The highest BCUT2D eigenvalue weighted by atomic mass is 16.4. The number of aryl methyl sites for hydroxylation is 1. The first kappa shape index (κ1) is 11.7. The summed E-state index contributed by atoms with van der Waals surface area (Å²) in [6.07, 6.45) is 5.87. The second-order valence-electron chi connectivity index (χ2n) is 5.33. The summed E-state index contributed by atoms with van der Waals surface area (Å²) in [6, 6.07) is 0. The molecule has 1 aromatic heterocycles. The van der Waals surface area contributed by atoms with Crippen LogP contribution in [0.2, 0.25) is 0 Å². The topological polar surface area (TPSA) is 67.2 Å². The van der Waals surface area contributed by atoms with Crippen LogP contribution in [0.25, 0.3) is 0 Å². The van der Waals surface area contributed by atoms with Gasteiger partial charge in [0.1, 0.15) is 5.82 Å². The first-order valence-electron chi connectivity index (χ1n) is 6.73. The van der Waals surface area contributed by atoms with Crippen LogP contribution in [0.3, 0.4) is 0 Å². The average molecular weight is 249 g/mol. The number of rotatable bonds is 2. The summed E-state index contributed by atoms with van der Waals surface area (Å²) in [5.74, 6) is 0.694. The Morgan fingerprint density at radius 2 is 2.17 bits per heavy atom. The molecule has 1 fully saturated rings. The molecule has 0 spiro atoms. The van der Waals surface area contributed by atoms with Gasteiger partial charge in [-0.3, -0.25) is 4.79 Å². The highest BCUT2D eigenvalue weighted by Gasteiger charge is 2.27. The van der Waals surface area contributed by atoms with E-state index in [-0.39, 0.29) is 5.92 Å². The number of carboxylic acids is 1. The molecule has 18 heavy (non-hydrogen) atoms. The van der Waals surface area contributed by atoms with Crippen molar-refractivity contribution < 1.29 is 9.90 Å². The molecule has 1 unspecified atom stereocenters. The summed E-state index contributed by atoms with van der Waals surface area (Å²) >= 11 is 0. The van der Waals surface area contributed by atoms with Gasteiger partial charge in [-0.05, 0) is 32.4 Å². The molecule has 0 radical (unpaired) electrons. The lowest BCUT2D eigenvalue weighted by molar-refractivity contribution is -0.142. The van der Waals surface area contributed by atoms with Gasteiger partial charge in [0.25, 0.3) is 0 Å². The third kappa shape index (κ3) is 2.14. The molecule has 0 aliphatic carbocycles. The number of aliphatic carboxylic acids is 1. The molecule has 1 saturated heterocycles. The van der Waals surface area contributed by atoms with E-state index in [0.717, 1.165) is 50.3 Å². The molecular weight excluding hydrogens is 230 g/mol. The van der Waals surface area contributed by atoms with Crippen LogP contribution in [0.15, 0.2) is 6.20 Å². The smallest absolute Gasteiger partial charge is 0.308 e. The summed E-state index contributed by atoms with van der Waals surface area (Å²) in [6.45, 7) is 2.71. The zero-order valence-electron chi connectivity index (χ0n) is 10.4. The van der Waals surface area contributed by atoms with E-state index >= 15 is 0 Å². The van der Waals surface area contributed by atoms with Gasteiger partial charge in [0.2, 0.25) is 0 Å². The number of fused-ring (bicyclic) bond motifs is 1. The van der Waals surface area contributed by atoms with Gasteiger partial charge >= 0.3 is 5.97 Å². The van der Waals surface area contributed by atoms with Crippen LogP contribution < -0.4 is 5.32 Å². The molecule has 3 rings (SSSR count). The van der Waals surface area contributed by atoms with E-state index < -0.39 is 5.97 Å². The molecule has 98 valence electrons. The van der Waals surface area contributed by atoms with E-state index in [1.807, 2.05) is 0 Å². The summed E-state index contributed by atoms with van der Waals surface area (Å²) in [5, 5.41) is 12.4. The molecule has 0 amide bonds. The minimum atomic E-state index is -0.683. The Bertz CT molecular complexity index is 449. The number of hydrogen-bond acceptors (Lipinski definition) is 3. The summed E-state index contributed by atoms with van der Waals surface area (Å²) in [4.78, 5) is 15.7. The van der Waals surface area contributed by atoms with Gasteiger partial charge in [0, 0.05) is 25.1 Å². The van der Waals surface area contributed by atoms with Crippen molar-refractivity contribution in [2.45, 2.75) is 38.1 Å². The van der Waals surface area contributed by atoms with E-state index in [4.69, 9.17) is 10.1 Å². The third-order valence-electron chi connectivity index (χ3n) is 4.12. The maximum atomic E-state index is 11.0. The fraction of sp³-hybridized carbons (Fsp3) is 0.692. The second-order valence-corrected chi connectivity index (χ2v) is 5.33. The maximum Gasteiger partial charge on any atom is 0.308 e. The molecule has 1 atom stereocenters. The Morgan fingerprint density at radius 1 is 1.39 bits per heavy atom. The SMILES string of the molecule is O=C(O)C1CCc2nc(C3CCNCC3)cn2C1. The average Bonchev–Trinajstić information content (AvgIpc) is 2.82. The van der Waals surface area contributed by atoms with Crippen LogP contribution in [-0.4, -0.2) is 33.7 Å². The quantitative estimate of drug-likeness (QED) is 0.820. The van der Waals surface area contributed by atoms with Crippen LogP contribution >= 0.6 is 0 Å². The van der Waals surface area contributed by atoms with Crippen molar-refractivity contribution in [3.8, 4) is 0 Å². The number of carboxylic acid groups (broad SMARTS) is 1. The monoisotopic (exact) mass is 249 g/mol. The third-order valence-corrected chi connectivity index (χ3v) is 4.12. The summed E-state index contributed by atoms with van der Waals surface area (Å²) in [5.41, 5.74) is 1.16. The molecule has 3 heterocycles. The Hall–Kier alpha value is -1.36. The van der Waals surface area contributed by atoms with E-state index in [1.165, 1.54) is 0 Å². The molecule has 0 aromatic carbocycles. The Morgan fingerprint density at radius 3 is 2.89 bits per heavy atom. The van der Waals surface area contributed by atoms with Gasteiger partial charge in [-0.15, -0.1) is 0 Å². The van der Waals surface area contributed by atoms with Crippen molar-refractivity contribution in [1.29, 1.82) is 0 Å². The van der Waals surface area contributed by atoms with Gasteiger partial charge < -0.3 is 15.0 Å². The van der Waals surface area contributed by atoms with Gasteiger partial charge in [-0.25, -0.2) is 4.98 Å². The molecule has 2 aliphatic heterocycles. The molecule has 2 aliphatic rings. The minimum absolute atomic E-state index is 0.243. The molecule has 5 nitrogen and oxygen atoms in total. The van der Waals surface area contributed by atoms with Gasteiger partial charge in [0.15, 0.2) is 0 Å². The van der Waals surface area contributed by atoms with Crippen molar-refractivity contribution in [1.82, 2.24) is 14.9 Å². The number of piperidine rings is 1. The van der Waals surface area contributed by atoms with E-state index in [1.54, 1.807) is 0 Å². The zero-order valence-corrected chi connectivity index (χ0v) is 10.4. The van der Waals surface area contributed by atoms with Crippen molar-refractivity contribution >= 4 is 5.97 Å². The van der Waals surface area contributed by atoms with Crippen molar-refractivity contribution in [2.24, 2.45) is 5.92 Å². The Kier molecular flexibility index (Phi) is 3.07. The van der Waals surface area contributed by atoms with Crippen molar-refractivity contribution in [3.63, 3.8) is 0 Å². The summed E-state index contributed by atoms with van der Waals surface area (Å²) < 4.78 is 2.06. The van der Waals surface area contributed by atoms with Crippen LogP contribution in [0.4, 0.5) is 0 Å². The molecule has 0 saturated carbocycles. The van der Waals surface area contributed by atoms with Gasteiger partial charge in [0.05, 0.1) is 11.6 Å². The van der Waals surface area contributed by atoms with Gasteiger partial charge in [-0.1, -0.05) is 0 Å². The lowest BCUT2D eigenvalue weighted by atomic mass is 9.95. The lowest BCUT2D eigenvalue weighted by Gasteiger charge is -2.20. The molecular formula is C13H19N3O2. The van der Waals surface area contributed by atoms with E-state index in [9.17, 15) is 4.79 Å². The summed E-state index contributed by atoms with van der Waals surface area (Å²) in [7, 11) is 0. The van der Waals surface area contributed by atoms with E-state index in [2.05, 4.69) is 16.1 Å². The Labute approximate surface area is 106 Å². The van der Waals surface area contributed by atoms with Crippen LogP contribution in [0.1, 0.15) is 36.7 Å². The highest BCUT2D eigenvalue weighted by Crippen LogP contribution is 2.27. The fourth-order valence-electron chi connectivity index (χ4n) is 2.98. The second kappa shape index (κ2) is 4.72. The number of nitrogens with zero attached hydrogens (tertiary/aromatic N) is 2. The number of imidazole rings is 1. The maximum absolute atomic E-state index is 11.0. The number of hydrogen-bond donors (Lipinski definition) is 2. The molecule has 0 bridgehead atoms. The minimum Gasteiger partial charge on any atom is -0.481 e. The van der Waals surface area contributed by atoms with Crippen LogP contribution in [-0.2, 0) is 17.8 Å². The van der Waals surface area contributed by atoms with Gasteiger partial charge in [-0.2, -0.15) is 0 Å². The van der Waals surface area contributed by atoms with Crippen LogP contribution in [0.5, 0.6) is 0 Å². The number of nitrogens with one attached hydrogen (secondary N) is 1. The molecule has 2 N–H and O–H groups in total. The predicted octanol–water partition coefficient (Wildman–Crippen LogP) is 0.997. The van der Waals surface area contributed by atoms with E-state index in [0.29, 0.717) is 12.5 Å². The first-order valence-corrected chi connectivity index (χ1v) is 6.73. The van der Waals surface area contributed by atoms with Crippen LogP contribution in [0, 0.1) is 5.92 Å². The van der Waals surface area contributed by atoms with Crippen molar-refractivity contribution in [2.75, 3.05) is 13.1 Å². The number of carbonyl (C=O) groups is 1. The first-order chi connectivity index (χ1) is 8.74. The molecule has 5 heteroatoms. The predicted molar refractivity (Wildman–Crippen MR) is 66.5 cm³/mol. The lowest BCUT2D eigenvalue weighted by Crippen LogP contribution is -2.26. The number of aromatic nitrogens is 2.